The lowest BCUT2D eigenvalue weighted by Crippen LogP contribution is -2.47. The first-order valence-corrected chi connectivity index (χ1v) is 5.46. The first-order valence-electron chi connectivity index (χ1n) is 5.46. The molecule has 0 saturated carbocycles. The fraction of sp³-hybridized carbons (Fsp3) is 0.900. The van der Waals surface area contributed by atoms with Crippen molar-refractivity contribution in [3.63, 3.8) is 0 Å². The van der Waals surface area contributed by atoms with Crippen molar-refractivity contribution in [2.45, 2.75) is 25.8 Å². The topological polar surface area (TPSA) is 41.6 Å². The number of fused-ring (bicyclic) bond motifs is 1. The molecule has 2 heterocycles. The summed E-state index contributed by atoms with van der Waals surface area (Å²) in [5, 5.41) is 3.47. The quantitative estimate of drug-likeness (QED) is 0.678. The van der Waals surface area contributed by atoms with Gasteiger partial charge in [-0.25, -0.2) is 4.79 Å². The second kappa shape index (κ2) is 4.17. The molecule has 2 unspecified atom stereocenters. The van der Waals surface area contributed by atoms with Crippen molar-refractivity contribution in [2.24, 2.45) is 5.92 Å². The molecule has 14 heavy (non-hydrogen) atoms. The van der Waals surface area contributed by atoms with E-state index < -0.39 is 0 Å². The second-order valence-corrected chi connectivity index (χ2v) is 4.04. The largest absolute Gasteiger partial charge is 0.450 e. The van der Waals surface area contributed by atoms with Crippen molar-refractivity contribution in [1.29, 1.82) is 0 Å². The number of nitrogens with zero attached hydrogens (tertiary/aromatic N) is 1. The Hall–Kier alpha value is -0.770. The molecule has 4 nitrogen and oxygen atoms in total. The molecule has 0 radical (unpaired) electrons. The molecule has 2 atom stereocenters. The van der Waals surface area contributed by atoms with Gasteiger partial charge in [0, 0.05) is 19.1 Å². The highest BCUT2D eigenvalue weighted by Crippen LogP contribution is 2.24. The lowest BCUT2D eigenvalue weighted by atomic mass is 9.94. The molecule has 2 aliphatic rings. The molecule has 2 fully saturated rings. The molecule has 2 saturated heterocycles. The minimum Gasteiger partial charge on any atom is -0.450 e. The van der Waals surface area contributed by atoms with Crippen molar-refractivity contribution < 1.29 is 9.53 Å². The molecule has 0 aromatic rings. The highest BCUT2D eigenvalue weighted by atomic mass is 16.6. The average molecular weight is 198 g/mol. The van der Waals surface area contributed by atoms with Gasteiger partial charge in [-0.2, -0.15) is 0 Å². The van der Waals surface area contributed by atoms with Gasteiger partial charge < -0.3 is 15.0 Å². The summed E-state index contributed by atoms with van der Waals surface area (Å²) in [6.45, 7) is 5.14. The third kappa shape index (κ3) is 1.85. The summed E-state index contributed by atoms with van der Waals surface area (Å²) in [6.07, 6.45) is 2.13. The standard InChI is InChI=1S/C10H18N2O2/c1-2-14-10(13)12-6-4-9-8(7-12)3-5-11-9/h8-9,11H,2-7H2,1H3. The number of hydrogen-bond acceptors (Lipinski definition) is 3. The predicted molar refractivity (Wildman–Crippen MR) is 53.1 cm³/mol. The van der Waals surface area contributed by atoms with E-state index in [4.69, 9.17) is 4.74 Å². The van der Waals surface area contributed by atoms with Crippen molar-refractivity contribution in [3.8, 4) is 0 Å². The molecular weight excluding hydrogens is 180 g/mol. The number of carbonyl (C=O) groups excluding carboxylic acids is 1. The summed E-state index contributed by atoms with van der Waals surface area (Å²) in [7, 11) is 0. The van der Waals surface area contributed by atoms with Crippen molar-refractivity contribution in [2.75, 3.05) is 26.2 Å². The van der Waals surface area contributed by atoms with Crippen LogP contribution in [0.2, 0.25) is 0 Å². The molecule has 4 heteroatoms. The summed E-state index contributed by atoms with van der Waals surface area (Å²) in [6, 6.07) is 0.640. The number of ether oxygens (including phenoxy) is 1. The van der Waals surface area contributed by atoms with Gasteiger partial charge in [-0.3, -0.25) is 0 Å². The van der Waals surface area contributed by atoms with Crippen molar-refractivity contribution in [1.82, 2.24) is 10.2 Å². The Balaban J connectivity index is 1.87. The van der Waals surface area contributed by atoms with E-state index in [1.807, 2.05) is 11.8 Å². The number of amides is 1. The molecular formula is C10H18N2O2. The molecule has 1 N–H and O–H groups in total. The molecule has 2 rings (SSSR count). The Morgan fingerprint density at radius 2 is 2.43 bits per heavy atom. The monoisotopic (exact) mass is 198 g/mol. The SMILES string of the molecule is CCOC(=O)N1CCC2NCCC2C1. The summed E-state index contributed by atoms with van der Waals surface area (Å²) in [4.78, 5) is 13.3. The van der Waals surface area contributed by atoms with Gasteiger partial charge in [0.1, 0.15) is 0 Å². The number of rotatable bonds is 1. The van der Waals surface area contributed by atoms with Crippen molar-refractivity contribution in [3.05, 3.63) is 0 Å². The Morgan fingerprint density at radius 3 is 3.21 bits per heavy atom. The van der Waals surface area contributed by atoms with E-state index in [2.05, 4.69) is 5.32 Å². The van der Waals surface area contributed by atoms with Gasteiger partial charge in [0.25, 0.3) is 0 Å². The van der Waals surface area contributed by atoms with Crippen LogP contribution in [-0.4, -0.2) is 43.3 Å². The third-order valence-corrected chi connectivity index (χ3v) is 3.18. The van der Waals surface area contributed by atoms with Crippen LogP contribution in [0.3, 0.4) is 0 Å². The van der Waals surface area contributed by atoms with Gasteiger partial charge in [0.05, 0.1) is 6.61 Å². The lowest BCUT2D eigenvalue weighted by Gasteiger charge is -2.33. The third-order valence-electron chi connectivity index (χ3n) is 3.18. The number of piperidine rings is 1. The summed E-state index contributed by atoms with van der Waals surface area (Å²) in [5.41, 5.74) is 0. The highest BCUT2D eigenvalue weighted by molar-refractivity contribution is 5.67. The molecule has 2 aliphatic heterocycles. The van der Waals surface area contributed by atoms with Crippen LogP contribution in [0, 0.1) is 5.92 Å². The van der Waals surface area contributed by atoms with E-state index in [9.17, 15) is 4.79 Å². The predicted octanol–water partition coefficient (Wildman–Crippen LogP) is 0.827. The first-order chi connectivity index (χ1) is 6.81. The minimum atomic E-state index is -0.141. The Bertz CT molecular complexity index is 220. The maximum atomic E-state index is 11.5. The molecule has 0 spiro atoms. The molecule has 0 aliphatic carbocycles. The van der Waals surface area contributed by atoms with E-state index in [1.54, 1.807) is 0 Å². The van der Waals surface area contributed by atoms with Crippen LogP contribution in [0.5, 0.6) is 0 Å². The van der Waals surface area contributed by atoms with Crippen LogP contribution in [0.15, 0.2) is 0 Å². The first kappa shape index (κ1) is 9.77. The molecule has 80 valence electrons. The summed E-state index contributed by atoms with van der Waals surface area (Å²) >= 11 is 0. The van der Waals surface area contributed by atoms with Gasteiger partial charge in [-0.15, -0.1) is 0 Å². The van der Waals surface area contributed by atoms with Gasteiger partial charge in [0.2, 0.25) is 0 Å². The van der Waals surface area contributed by atoms with E-state index >= 15 is 0 Å². The van der Waals surface area contributed by atoms with E-state index in [-0.39, 0.29) is 6.09 Å². The van der Waals surface area contributed by atoms with E-state index in [0.717, 1.165) is 26.1 Å². The minimum absolute atomic E-state index is 0.141. The molecule has 1 amide bonds. The molecule has 0 bridgehead atoms. The van der Waals surface area contributed by atoms with Crippen LogP contribution < -0.4 is 5.32 Å². The van der Waals surface area contributed by atoms with E-state index in [1.165, 1.54) is 6.42 Å². The number of carbonyl (C=O) groups is 1. The van der Waals surface area contributed by atoms with Crippen LogP contribution in [0.4, 0.5) is 4.79 Å². The normalized spacial score (nSPS) is 31.4. The maximum absolute atomic E-state index is 11.5. The van der Waals surface area contributed by atoms with Crippen molar-refractivity contribution >= 4 is 6.09 Å². The van der Waals surface area contributed by atoms with Gasteiger partial charge in [-0.05, 0) is 32.2 Å². The smallest absolute Gasteiger partial charge is 0.409 e. The highest BCUT2D eigenvalue weighted by Gasteiger charge is 2.34. The number of likely N-dealkylation sites (tertiary alicyclic amines) is 1. The van der Waals surface area contributed by atoms with E-state index in [0.29, 0.717) is 18.6 Å². The zero-order chi connectivity index (χ0) is 9.97. The average Bonchev–Trinajstić information content (AvgIpc) is 2.64. The Labute approximate surface area is 84.6 Å². The van der Waals surface area contributed by atoms with Gasteiger partial charge in [0.15, 0.2) is 0 Å². The Kier molecular flexibility index (Phi) is 2.91. The lowest BCUT2D eigenvalue weighted by molar-refractivity contribution is 0.0857. The summed E-state index contributed by atoms with van der Waals surface area (Å²) in [5.74, 6) is 0.646. The van der Waals surface area contributed by atoms with Crippen LogP contribution in [-0.2, 0) is 4.74 Å². The molecule has 0 aromatic heterocycles. The molecule has 0 aromatic carbocycles. The van der Waals surface area contributed by atoms with Gasteiger partial charge in [-0.1, -0.05) is 0 Å². The fourth-order valence-corrected chi connectivity index (χ4v) is 2.43. The second-order valence-electron chi connectivity index (χ2n) is 4.04. The number of hydrogen-bond donors (Lipinski definition) is 1. The number of nitrogens with one attached hydrogen (secondary N) is 1. The van der Waals surface area contributed by atoms with Crippen LogP contribution in [0.1, 0.15) is 19.8 Å². The zero-order valence-electron chi connectivity index (χ0n) is 8.66. The zero-order valence-corrected chi connectivity index (χ0v) is 8.66. The van der Waals surface area contributed by atoms with Crippen LogP contribution in [0.25, 0.3) is 0 Å². The fourth-order valence-electron chi connectivity index (χ4n) is 2.43. The summed E-state index contributed by atoms with van der Waals surface area (Å²) < 4.78 is 5.00. The Morgan fingerprint density at radius 1 is 1.57 bits per heavy atom. The van der Waals surface area contributed by atoms with Gasteiger partial charge >= 0.3 is 6.09 Å². The van der Waals surface area contributed by atoms with Crippen LogP contribution >= 0.6 is 0 Å². The maximum Gasteiger partial charge on any atom is 0.409 e.